The van der Waals surface area contributed by atoms with Gasteiger partial charge in [-0.25, -0.2) is 18.0 Å². The Morgan fingerprint density at radius 3 is 2.48 bits per heavy atom. The number of hydrogen-bond acceptors (Lipinski definition) is 4. The molecule has 8 heteroatoms. The maximum atomic E-state index is 14.5. The number of ether oxygens (including phenoxy) is 1. The van der Waals surface area contributed by atoms with Gasteiger partial charge in [-0.15, -0.1) is 0 Å². The van der Waals surface area contributed by atoms with E-state index in [1.54, 1.807) is 6.92 Å². The van der Waals surface area contributed by atoms with Crippen LogP contribution in [-0.4, -0.2) is 28.9 Å². The predicted octanol–water partition coefficient (Wildman–Crippen LogP) is 3.59. The summed E-state index contributed by atoms with van der Waals surface area (Å²) in [5.74, 6) is -3.58. The Kier molecular flexibility index (Phi) is 5.56. The van der Waals surface area contributed by atoms with Crippen LogP contribution in [0.25, 0.3) is 22.2 Å². The number of hydrogen-bond donors (Lipinski definition) is 1. The third-order valence-electron chi connectivity index (χ3n) is 4.33. The molecule has 29 heavy (non-hydrogen) atoms. The third kappa shape index (κ3) is 3.66. The molecule has 0 amide bonds. The van der Waals surface area contributed by atoms with E-state index in [1.165, 1.54) is 6.07 Å². The molecule has 0 radical (unpaired) electrons. The van der Waals surface area contributed by atoms with Crippen molar-refractivity contribution in [1.29, 1.82) is 0 Å². The van der Waals surface area contributed by atoms with Crippen LogP contribution in [0.1, 0.15) is 22.8 Å². The van der Waals surface area contributed by atoms with Gasteiger partial charge < -0.3 is 14.4 Å². The maximum Gasteiger partial charge on any atom is 0.343 e. The molecule has 3 aromatic rings. The lowest BCUT2D eigenvalue weighted by Gasteiger charge is -2.16. The molecule has 0 aliphatic carbocycles. The van der Waals surface area contributed by atoms with Gasteiger partial charge in [0.2, 0.25) is 5.43 Å². The molecule has 0 saturated carbocycles. The molecule has 3 rings (SSSR count). The van der Waals surface area contributed by atoms with Crippen LogP contribution in [0.2, 0.25) is 0 Å². The summed E-state index contributed by atoms with van der Waals surface area (Å²) in [6.45, 7) is 4.55. The number of carbonyl (C=O) groups is 1. The standard InChI is InChI=1S/C21H16F3NO4/c1-3-29-21(28)15-9-25(18-5-4-12(22)6-17(18)24)19-8-13(11(2)10-26)16(23)7-14(19)20(15)27/h4-9,26H,2-3,10H2,1H3. The molecular formula is C21H16F3NO4. The second kappa shape index (κ2) is 7.92. The van der Waals surface area contributed by atoms with Crippen molar-refractivity contribution in [3.63, 3.8) is 0 Å². The zero-order valence-corrected chi connectivity index (χ0v) is 15.3. The molecule has 0 spiro atoms. The van der Waals surface area contributed by atoms with E-state index >= 15 is 0 Å². The van der Waals surface area contributed by atoms with Crippen molar-refractivity contribution in [1.82, 2.24) is 4.57 Å². The van der Waals surface area contributed by atoms with Gasteiger partial charge in [0.25, 0.3) is 0 Å². The van der Waals surface area contributed by atoms with E-state index in [0.717, 1.165) is 29.0 Å². The van der Waals surface area contributed by atoms with Crippen LogP contribution in [0.15, 0.2) is 47.9 Å². The first-order valence-corrected chi connectivity index (χ1v) is 8.59. The van der Waals surface area contributed by atoms with E-state index in [-0.39, 0.29) is 34.3 Å². The minimum absolute atomic E-state index is 0.00908. The van der Waals surface area contributed by atoms with Crippen LogP contribution in [0.4, 0.5) is 13.2 Å². The highest BCUT2D eigenvalue weighted by Crippen LogP contribution is 2.26. The van der Waals surface area contributed by atoms with E-state index in [4.69, 9.17) is 4.74 Å². The first kappa shape index (κ1) is 20.3. The van der Waals surface area contributed by atoms with Gasteiger partial charge >= 0.3 is 5.97 Å². The van der Waals surface area contributed by atoms with Crippen LogP contribution in [0.3, 0.4) is 0 Å². The van der Waals surface area contributed by atoms with Crippen molar-refractivity contribution in [2.45, 2.75) is 6.92 Å². The Labute approximate surface area is 163 Å². The summed E-state index contributed by atoms with van der Waals surface area (Å²) in [5, 5.41) is 9.06. The van der Waals surface area contributed by atoms with Gasteiger partial charge in [-0.3, -0.25) is 4.79 Å². The number of aliphatic hydroxyl groups excluding tert-OH is 1. The summed E-state index contributed by atoms with van der Waals surface area (Å²) < 4.78 is 48.3. The quantitative estimate of drug-likeness (QED) is 0.661. The second-order valence-electron chi connectivity index (χ2n) is 6.17. The Balaban J connectivity index is 2.45. The van der Waals surface area contributed by atoms with E-state index in [2.05, 4.69) is 6.58 Å². The molecule has 150 valence electrons. The van der Waals surface area contributed by atoms with Crippen molar-refractivity contribution < 1.29 is 27.8 Å². The lowest BCUT2D eigenvalue weighted by Crippen LogP contribution is -2.21. The smallest absolute Gasteiger partial charge is 0.343 e. The average molecular weight is 403 g/mol. The van der Waals surface area contributed by atoms with Crippen LogP contribution in [0.5, 0.6) is 0 Å². The molecule has 0 unspecified atom stereocenters. The van der Waals surface area contributed by atoms with Crippen LogP contribution in [-0.2, 0) is 4.74 Å². The molecule has 0 fully saturated rings. The summed E-state index contributed by atoms with van der Waals surface area (Å²) in [6, 6.07) is 4.86. The highest BCUT2D eigenvalue weighted by Gasteiger charge is 2.21. The fraction of sp³-hybridized carbons (Fsp3) is 0.143. The summed E-state index contributed by atoms with van der Waals surface area (Å²) in [4.78, 5) is 25.0. The lowest BCUT2D eigenvalue weighted by atomic mass is 10.0. The van der Waals surface area contributed by atoms with Crippen molar-refractivity contribution in [2.24, 2.45) is 0 Å². The Hall–Kier alpha value is -3.39. The van der Waals surface area contributed by atoms with Crippen molar-refractivity contribution in [2.75, 3.05) is 13.2 Å². The number of rotatable bonds is 5. The summed E-state index contributed by atoms with van der Waals surface area (Å²) >= 11 is 0. The fourth-order valence-electron chi connectivity index (χ4n) is 2.93. The van der Waals surface area contributed by atoms with E-state index in [1.807, 2.05) is 0 Å². The molecule has 1 aromatic heterocycles. The molecule has 1 heterocycles. The Morgan fingerprint density at radius 1 is 1.14 bits per heavy atom. The highest BCUT2D eigenvalue weighted by molar-refractivity contribution is 5.95. The van der Waals surface area contributed by atoms with E-state index in [9.17, 15) is 27.9 Å². The minimum Gasteiger partial charge on any atom is -0.462 e. The first-order valence-electron chi connectivity index (χ1n) is 8.59. The SMILES string of the molecule is C=C(CO)c1cc2c(cc1F)c(=O)c(C(=O)OCC)cn2-c1ccc(F)cc1F. The van der Waals surface area contributed by atoms with Crippen LogP contribution < -0.4 is 5.43 Å². The van der Waals surface area contributed by atoms with E-state index < -0.39 is 41.0 Å². The molecular weight excluding hydrogens is 387 g/mol. The summed E-state index contributed by atoms with van der Waals surface area (Å²) in [5.41, 5.74) is -1.42. The van der Waals surface area contributed by atoms with E-state index in [0.29, 0.717) is 6.07 Å². The second-order valence-corrected chi connectivity index (χ2v) is 6.17. The summed E-state index contributed by atoms with van der Waals surface area (Å²) in [6.07, 6.45) is 1.06. The number of aliphatic hydroxyl groups is 1. The number of esters is 1. The van der Waals surface area contributed by atoms with Gasteiger partial charge in [0, 0.05) is 23.2 Å². The monoisotopic (exact) mass is 403 g/mol. The molecule has 0 bridgehead atoms. The first-order chi connectivity index (χ1) is 13.8. The molecule has 0 aliphatic rings. The van der Waals surface area contributed by atoms with Crippen LogP contribution >= 0.6 is 0 Å². The number of benzene rings is 2. The molecule has 0 aliphatic heterocycles. The van der Waals surface area contributed by atoms with Crippen LogP contribution in [0, 0.1) is 17.5 Å². The zero-order chi connectivity index (χ0) is 21.3. The molecule has 5 nitrogen and oxygen atoms in total. The molecule has 1 N–H and O–H groups in total. The fourth-order valence-corrected chi connectivity index (χ4v) is 2.93. The molecule has 2 aromatic carbocycles. The van der Waals surface area contributed by atoms with Gasteiger partial charge in [0.15, 0.2) is 0 Å². The van der Waals surface area contributed by atoms with Gasteiger partial charge in [0.05, 0.1) is 24.4 Å². The number of aromatic nitrogens is 1. The topological polar surface area (TPSA) is 68.5 Å². The minimum atomic E-state index is -0.961. The predicted molar refractivity (Wildman–Crippen MR) is 101 cm³/mol. The number of fused-ring (bicyclic) bond motifs is 1. The van der Waals surface area contributed by atoms with Crippen molar-refractivity contribution >= 4 is 22.4 Å². The number of pyridine rings is 1. The van der Waals surface area contributed by atoms with Crippen molar-refractivity contribution in [3.05, 3.63) is 81.9 Å². The molecule has 0 atom stereocenters. The number of carbonyl (C=O) groups excluding carboxylic acids is 1. The third-order valence-corrected chi connectivity index (χ3v) is 4.33. The van der Waals surface area contributed by atoms with Gasteiger partial charge in [0.1, 0.15) is 23.0 Å². The zero-order valence-electron chi connectivity index (χ0n) is 15.3. The lowest BCUT2D eigenvalue weighted by molar-refractivity contribution is 0.0524. The Morgan fingerprint density at radius 2 is 1.86 bits per heavy atom. The normalized spacial score (nSPS) is 10.9. The largest absolute Gasteiger partial charge is 0.462 e. The van der Waals surface area contributed by atoms with Crippen molar-refractivity contribution in [3.8, 4) is 5.69 Å². The average Bonchev–Trinajstić information content (AvgIpc) is 2.68. The Bertz CT molecular complexity index is 1200. The number of halogens is 3. The maximum absolute atomic E-state index is 14.5. The van der Waals surface area contributed by atoms with Gasteiger partial charge in [-0.2, -0.15) is 0 Å². The van der Waals surface area contributed by atoms with Gasteiger partial charge in [-0.05, 0) is 36.8 Å². The molecule has 0 saturated heterocycles. The van der Waals surface area contributed by atoms with Gasteiger partial charge in [-0.1, -0.05) is 6.58 Å². The number of nitrogens with zero attached hydrogens (tertiary/aromatic N) is 1. The highest BCUT2D eigenvalue weighted by atomic mass is 19.1. The summed E-state index contributed by atoms with van der Waals surface area (Å²) in [7, 11) is 0.